The van der Waals surface area contributed by atoms with Gasteiger partial charge < -0.3 is 15.3 Å². The van der Waals surface area contributed by atoms with E-state index in [0.29, 0.717) is 18.0 Å². The van der Waals surface area contributed by atoms with Crippen molar-refractivity contribution in [3.8, 4) is 0 Å². The summed E-state index contributed by atoms with van der Waals surface area (Å²) in [4.78, 5) is 27.8. The molecular formula is C18H24ClN3O3. The van der Waals surface area contributed by atoms with Crippen molar-refractivity contribution in [1.29, 1.82) is 0 Å². The quantitative estimate of drug-likeness (QED) is 0.863. The number of carbonyl (C=O) groups is 2. The van der Waals surface area contributed by atoms with Gasteiger partial charge in [0.15, 0.2) is 0 Å². The fraction of sp³-hybridized carbons (Fsp3) is 0.556. The van der Waals surface area contributed by atoms with E-state index in [-0.39, 0.29) is 24.7 Å². The predicted molar refractivity (Wildman–Crippen MR) is 95.7 cm³/mol. The molecular weight excluding hydrogens is 342 g/mol. The zero-order valence-electron chi connectivity index (χ0n) is 14.5. The summed E-state index contributed by atoms with van der Waals surface area (Å²) in [6, 6.07) is 7.62. The Morgan fingerprint density at radius 2 is 1.96 bits per heavy atom. The van der Waals surface area contributed by atoms with Crippen LogP contribution in [0.5, 0.6) is 0 Å². The van der Waals surface area contributed by atoms with Crippen molar-refractivity contribution in [1.82, 2.24) is 15.1 Å². The predicted octanol–water partition coefficient (Wildman–Crippen LogP) is 2.59. The first-order valence-corrected chi connectivity index (χ1v) is 8.92. The van der Waals surface area contributed by atoms with Crippen LogP contribution in [0.1, 0.15) is 31.4 Å². The summed E-state index contributed by atoms with van der Waals surface area (Å²) >= 11 is 5.98. The number of carboxylic acids is 1. The topological polar surface area (TPSA) is 72.9 Å². The highest BCUT2D eigenvalue weighted by Gasteiger charge is 2.43. The molecule has 1 aromatic rings. The summed E-state index contributed by atoms with van der Waals surface area (Å²) in [6.07, 6.45) is 1.35. The molecule has 0 aromatic heterocycles. The molecule has 3 atom stereocenters. The summed E-state index contributed by atoms with van der Waals surface area (Å²) in [5.41, 5.74) is 0.269. The number of nitrogens with zero attached hydrogens (tertiary/aromatic N) is 2. The number of aliphatic carboxylic acids is 1. The van der Waals surface area contributed by atoms with Gasteiger partial charge in [0.1, 0.15) is 0 Å². The SMILES string of the molecule is CN1CCC(NC(=O)N2CCC(C)(C(=O)O)C2)C1c1ccc(Cl)cc1. The number of carboxylic acid groups (broad SMARTS) is 1. The monoisotopic (exact) mass is 365 g/mol. The van der Waals surface area contributed by atoms with E-state index >= 15 is 0 Å². The molecule has 7 heteroatoms. The van der Waals surface area contributed by atoms with Gasteiger partial charge in [0.2, 0.25) is 0 Å². The number of urea groups is 1. The van der Waals surface area contributed by atoms with Gasteiger partial charge in [-0.2, -0.15) is 0 Å². The van der Waals surface area contributed by atoms with E-state index in [9.17, 15) is 14.7 Å². The lowest BCUT2D eigenvalue weighted by Crippen LogP contribution is -2.46. The van der Waals surface area contributed by atoms with Gasteiger partial charge in [-0.25, -0.2) is 4.79 Å². The first-order valence-electron chi connectivity index (χ1n) is 8.55. The second-order valence-corrected chi connectivity index (χ2v) is 7.80. The summed E-state index contributed by atoms with van der Waals surface area (Å²) in [6.45, 7) is 3.32. The van der Waals surface area contributed by atoms with Crippen LogP contribution in [0, 0.1) is 5.41 Å². The minimum Gasteiger partial charge on any atom is -0.481 e. The molecule has 0 spiro atoms. The van der Waals surface area contributed by atoms with E-state index in [1.807, 2.05) is 31.3 Å². The number of likely N-dealkylation sites (N-methyl/N-ethyl adjacent to an activating group) is 1. The number of hydrogen-bond acceptors (Lipinski definition) is 3. The Bertz CT molecular complexity index is 666. The molecule has 2 amide bonds. The molecule has 0 aliphatic carbocycles. The maximum Gasteiger partial charge on any atom is 0.317 e. The molecule has 0 saturated carbocycles. The first-order chi connectivity index (χ1) is 11.8. The minimum absolute atomic E-state index is 0.00430. The summed E-state index contributed by atoms with van der Waals surface area (Å²) in [7, 11) is 2.04. The molecule has 2 aliphatic rings. The molecule has 2 aliphatic heterocycles. The van der Waals surface area contributed by atoms with E-state index in [1.54, 1.807) is 11.8 Å². The summed E-state index contributed by atoms with van der Waals surface area (Å²) < 4.78 is 0. The second-order valence-electron chi connectivity index (χ2n) is 7.36. The van der Waals surface area contributed by atoms with Gasteiger partial charge in [-0.15, -0.1) is 0 Å². The highest BCUT2D eigenvalue weighted by atomic mass is 35.5. The van der Waals surface area contributed by atoms with Gasteiger partial charge in [-0.3, -0.25) is 9.69 Å². The number of likely N-dealkylation sites (tertiary alicyclic amines) is 2. The first kappa shape index (κ1) is 18.0. The molecule has 25 heavy (non-hydrogen) atoms. The lowest BCUT2D eigenvalue weighted by atomic mass is 9.90. The van der Waals surface area contributed by atoms with Crippen LogP contribution in [0.25, 0.3) is 0 Å². The molecule has 0 bridgehead atoms. The van der Waals surface area contributed by atoms with Crippen molar-refractivity contribution in [3.05, 3.63) is 34.9 Å². The largest absolute Gasteiger partial charge is 0.481 e. The van der Waals surface area contributed by atoms with Gasteiger partial charge in [-0.1, -0.05) is 23.7 Å². The number of amides is 2. The van der Waals surface area contributed by atoms with E-state index in [0.717, 1.165) is 18.5 Å². The number of nitrogens with one attached hydrogen (secondary N) is 1. The van der Waals surface area contributed by atoms with Gasteiger partial charge in [0, 0.05) is 24.7 Å². The van der Waals surface area contributed by atoms with Crippen LogP contribution >= 0.6 is 11.6 Å². The molecule has 2 saturated heterocycles. The van der Waals surface area contributed by atoms with Crippen LogP contribution in [-0.4, -0.2) is 59.6 Å². The number of hydrogen-bond donors (Lipinski definition) is 2. The van der Waals surface area contributed by atoms with E-state index in [1.165, 1.54) is 0 Å². The van der Waals surface area contributed by atoms with E-state index < -0.39 is 11.4 Å². The Balaban J connectivity index is 1.68. The van der Waals surface area contributed by atoms with Crippen LogP contribution in [0.3, 0.4) is 0 Å². The number of carbonyl (C=O) groups excluding carboxylic acids is 1. The third-order valence-corrected chi connectivity index (χ3v) is 5.70. The van der Waals surface area contributed by atoms with Crippen LogP contribution in [0.2, 0.25) is 5.02 Å². The number of halogens is 1. The van der Waals surface area contributed by atoms with Crippen molar-refractivity contribution in [2.24, 2.45) is 5.41 Å². The summed E-state index contributed by atoms with van der Waals surface area (Å²) in [5, 5.41) is 13.1. The fourth-order valence-electron chi connectivity index (χ4n) is 3.80. The number of rotatable bonds is 3. The van der Waals surface area contributed by atoms with Crippen molar-refractivity contribution in [2.75, 3.05) is 26.7 Å². The molecule has 3 unspecified atom stereocenters. The Morgan fingerprint density at radius 1 is 1.28 bits per heavy atom. The van der Waals surface area contributed by atoms with Gasteiger partial charge in [0.05, 0.1) is 17.5 Å². The second kappa shape index (κ2) is 6.84. The standard InChI is InChI=1S/C18H24ClN3O3/c1-18(16(23)24)8-10-22(11-18)17(25)20-14-7-9-21(2)15(14)12-3-5-13(19)6-4-12/h3-6,14-15H,7-11H2,1-2H3,(H,20,25)(H,23,24). The Morgan fingerprint density at radius 3 is 2.56 bits per heavy atom. The Kier molecular flexibility index (Phi) is 4.93. The van der Waals surface area contributed by atoms with Crippen LogP contribution in [0.4, 0.5) is 4.79 Å². The van der Waals surface area contributed by atoms with Gasteiger partial charge in [-0.05, 0) is 44.5 Å². The van der Waals surface area contributed by atoms with E-state index in [4.69, 9.17) is 11.6 Å². The average molecular weight is 366 g/mol. The minimum atomic E-state index is -0.848. The van der Waals surface area contributed by atoms with Gasteiger partial charge >= 0.3 is 12.0 Å². The smallest absolute Gasteiger partial charge is 0.317 e. The lowest BCUT2D eigenvalue weighted by Gasteiger charge is -2.28. The highest BCUT2D eigenvalue weighted by molar-refractivity contribution is 6.30. The maximum absolute atomic E-state index is 12.6. The molecule has 3 rings (SSSR count). The van der Waals surface area contributed by atoms with Crippen LogP contribution < -0.4 is 5.32 Å². The molecule has 2 heterocycles. The van der Waals surface area contributed by atoms with Gasteiger partial charge in [0.25, 0.3) is 0 Å². The molecule has 1 aromatic carbocycles. The van der Waals surface area contributed by atoms with Crippen molar-refractivity contribution >= 4 is 23.6 Å². The Labute approximate surface area is 152 Å². The van der Waals surface area contributed by atoms with Crippen molar-refractivity contribution in [3.63, 3.8) is 0 Å². The fourth-order valence-corrected chi connectivity index (χ4v) is 3.93. The molecule has 2 fully saturated rings. The highest BCUT2D eigenvalue weighted by Crippen LogP contribution is 2.33. The third-order valence-electron chi connectivity index (χ3n) is 5.45. The van der Waals surface area contributed by atoms with Crippen LogP contribution in [-0.2, 0) is 4.79 Å². The zero-order chi connectivity index (χ0) is 18.2. The molecule has 6 nitrogen and oxygen atoms in total. The van der Waals surface area contributed by atoms with Crippen LogP contribution in [0.15, 0.2) is 24.3 Å². The lowest BCUT2D eigenvalue weighted by molar-refractivity contribution is -0.147. The van der Waals surface area contributed by atoms with Crippen molar-refractivity contribution < 1.29 is 14.7 Å². The third kappa shape index (κ3) is 3.60. The average Bonchev–Trinajstić information content (AvgIpc) is 3.13. The zero-order valence-corrected chi connectivity index (χ0v) is 15.3. The number of benzene rings is 1. The molecule has 136 valence electrons. The molecule has 2 N–H and O–H groups in total. The normalized spacial score (nSPS) is 29.8. The van der Waals surface area contributed by atoms with Crippen molar-refractivity contribution in [2.45, 2.75) is 31.8 Å². The van der Waals surface area contributed by atoms with E-state index in [2.05, 4.69) is 10.2 Å². The maximum atomic E-state index is 12.6. The Hall–Kier alpha value is -1.79. The molecule has 0 radical (unpaired) electrons. The summed E-state index contributed by atoms with van der Waals surface area (Å²) in [5.74, 6) is -0.845.